The van der Waals surface area contributed by atoms with Crippen LogP contribution in [0.3, 0.4) is 0 Å². The number of nitrogens with zero attached hydrogens (tertiary/aromatic N) is 5. The summed E-state index contributed by atoms with van der Waals surface area (Å²) in [5.41, 5.74) is 4.06. The van der Waals surface area contributed by atoms with E-state index in [1.165, 1.54) is 23.2 Å². The van der Waals surface area contributed by atoms with Crippen molar-refractivity contribution < 1.29 is 0 Å². The van der Waals surface area contributed by atoms with Gasteiger partial charge in [-0.3, -0.25) is 4.90 Å². The SMILES string of the molecule is CCC1c2ccccc2N2c3nccnc3N3c4ccc(cn4)CC1CCC32. The van der Waals surface area contributed by atoms with Crippen molar-refractivity contribution in [2.75, 3.05) is 9.80 Å². The summed E-state index contributed by atoms with van der Waals surface area (Å²) in [6.45, 7) is 2.32. The topological polar surface area (TPSA) is 45.2 Å². The van der Waals surface area contributed by atoms with E-state index in [9.17, 15) is 0 Å². The van der Waals surface area contributed by atoms with E-state index in [-0.39, 0.29) is 6.17 Å². The Kier molecular flexibility index (Phi) is 3.45. The van der Waals surface area contributed by atoms with Crippen LogP contribution in [0.2, 0.25) is 0 Å². The molecule has 0 aliphatic carbocycles. The van der Waals surface area contributed by atoms with Crippen LogP contribution in [0.1, 0.15) is 43.2 Å². The van der Waals surface area contributed by atoms with Crippen LogP contribution in [0.4, 0.5) is 23.1 Å². The number of hydrogen-bond acceptors (Lipinski definition) is 5. The van der Waals surface area contributed by atoms with Crippen LogP contribution in [-0.4, -0.2) is 21.1 Å². The van der Waals surface area contributed by atoms with Gasteiger partial charge in [0.2, 0.25) is 0 Å². The van der Waals surface area contributed by atoms with Crippen molar-refractivity contribution in [1.82, 2.24) is 15.0 Å². The Labute approximate surface area is 165 Å². The predicted molar refractivity (Wildman–Crippen MR) is 110 cm³/mol. The van der Waals surface area contributed by atoms with E-state index >= 15 is 0 Å². The molecule has 3 atom stereocenters. The van der Waals surface area contributed by atoms with Gasteiger partial charge in [0.05, 0.1) is 0 Å². The minimum atomic E-state index is 0.162. The zero-order chi connectivity index (χ0) is 18.7. The van der Waals surface area contributed by atoms with Gasteiger partial charge < -0.3 is 4.90 Å². The monoisotopic (exact) mass is 369 g/mol. The maximum Gasteiger partial charge on any atom is 0.179 e. The first-order chi connectivity index (χ1) is 13.8. The number of rotatable bonds is 1. The van der Waals surface area contributed by atoms with Gasteiger partial charge >= 0.3 is 0 Å². The molecule has 3 unspecified atom stereocenters. The van der Waals surface area contributed by atoms with Gasteiger partial charge in [0.15, 0.2) is 11.6 Å². The second-order valence-electron chi connectivity index (χ2n) is 8.06. The van der Waals surface area contributed by atoms with Crippen LogP contribution in [-0.2, 0) is 6.42 Å². The second kappa shape index (κ2) is 6.03. The van der Waals surface area contributed by atoms with Gasteiger partial charge in [-0.1, -0.05) is 31.2 Å². The smallest absolute Gasteiger partial charge is 0.179 e. The number of pyridine rings is 1. The lowest BCUT2D eigenvalue weighted by atomic mass is 9.76. The average Bonchev–Trinajstić information content (AvgIpc) is 3.06. The van der Waals surface area contributed by atoms with E-state index in [1.54, 1.807) is 12.4 Å². The van der Waals surface area contributed by atoms with Crippen LogP contribution >= 0.6 is 0 Å². The Balaban J connectivity index is 1.68. The van der Waals surface area contributed by atoms with Crippen LogP contribution in [0, 0.1) is 5.92 Å². The number of aromatic nitrogens is 3. The van der Waals surface area contributed by atoms with E-state index in [4.69, 9.17) is 15.0 Å². The normalized spacial score (nSPS) is 24.5. The van der Waals surface area contributed by atoms with Gasteiger partial charge in [-0.15, -0.1) is 0 Å². The maximum atomic E-state index is 4.83. The minimum absolute atomic E-state index is 0.162. The molecule has 3 aromatic rings. The first-order valence-corrected chi connectivity index (χ1v) is 10.3. The molecule has 1 aromatic carbocycles. The summed E-state index contributed by atoms with van der Waals surface area (Å²) in [4.78, 5) is 19.0. The van der Waals surface area contributed by atoms with Crippen molar-refractivity contribution in [1.29, 1.82) is 0 Å². The Morgan fingerprint density at radius 1 is 0.929 bits per heavy atom. The van der Waals surface area contributed by atoms with Crippen LogP contribution < -0.4 is 9.80 Å². The summed E-state index contributed by atoms with van der Waals surface area (Å²) in [5.74, 6) is 3.96. The van der Waals surface area contributed by atoms with Gasteiger partial charge in [-0.05, 0) is 60.8 Å². The molecule has 0 fully saturated rings. The molecular formula is C23H23N5. The standard InChI is InChI=1S/C23H23N5/c1-2-17-16-8-10-21-27(19-6-4-3-5-18(17)19)22-23(25-12-11-24-22)28(21)20-9-7-15(13-16)14-26-20/h3-7,9,11-12,14,16-17,21H,2,8,10,13H2,1H3. The van der Waals surface area contributed by atoms with Crippen LogP contribution in [0.5, 0.6) is 0 Å². The molecule has 28 heavy (non-hydrogen) atoms. The van der Waals surface area contributed by atoms with E-state index in [0.29, 0.717) is 11.8 Å². The molecule has 7 rings (SSSR count). The fourth-order valence-corrected chi connectivity index (χ4v) is 5.47. The van der Waals surface area contributed by atoms with E-state index < -0.39 is 0 Å². The molecule has 0 N–H and O–H groups in total. The fourth-order valence-electron chi connectivity index (χ4n) is 5.47. The molecule has 140 valence electrons. The third kappa shape index (κ3) is 2.16. The van der Waals surface area contributed by atoms with Gasteiger partial charge in [0, 0.05) is 24.3 Å². The number of hydrogen-bond donors (Lipinski definition) is 0. The lowest BCUT2D eigenvalue weighted by Gasteiger charge is -2.40. The Bertz CT molecular complexity index is 1030. The molecule has 6 heterocycles. The van der Waals surface area contributed by atoms with E-state index in [1.807, 2.05) is 0 Å². The highest BCUT2D eigenvalue weighted by atomic mass is 15.5. The van der Waals surface area contributed by atoms with Crippen molar-refractivity contribution in [2.24, 2.45) is 5.92 Å². The highest BCUT2D eigenvalue weighted by molar-refractivity contribution is 5.83. The number of fused-ring (bicyclic) bond motifs is 6. The van der Waals surface area contributed by atoms with E-state index in [2.05, 4.69) is 59.3 Å². The lowest BCUT2D eigenvalue weighted by molar-refractivity contribution is 0.351. The van der Waals surface area contributed by atoms with E-state index in [0.717, 1.165) is 36.7 Å². The van der Waals surface area contributed by atoms with Crippen LogP contribution in [0.25, 0.3) is 0 Å². The van der Waals surface area contributed by atoms with Crippen molar-refractivity contribution in [3.05, 3.63) is 66.1 Å². The second-order valence-corrected chi connectivity index (χ2v) is 8.06. The van der Waals surface area contributed by atoms with Gasteiger partial charge in [-0.2, -0.15) is 0 Å². The zero-order valence-corrected chi connectivity index (χ0v) is 16.0. The average molecular weight is 369 g/mol. The quantitative estimate of drug-likeness (QED) is 0.607. The molecular weight excluding hydrogens is 346 g/mol. The summed E-state index contributed by atoms with van der Waals surface area (Å²) < 4.78 is 0. The number of benzene rings is 1. The predicted octanol–water partition coefficient (Wildman–Crippen LogP) is 4.95. The molecule has 0 saturated carbocycles. The summed E-state index contributed by atoms with van der Waals surface area (Å²) in [5, 5.41) is 0. The molecule has 4 aliphatic heterocycles. The van der Waals surface area contributed by atoms with Gasteiger partial charge in [0.25, 0.3) is 0 Å². The Morgan fingerprint density at radius 3 is 2.54 bits per heavy atom. The fraction of sp³-hybridized carbons (Fsp3) is 0.348. The summed E-state index contributed by atoms with van der Waals surface area (Å²) in [6, 6.07) is 13.3. The van der Waals surface area contributed by atoms with Crippen molar-refractivity contribution in [2.45, 2.75) is 44.7 Å². The number of anilines is 4. The summed E-state index contributed by atoms with van der Waals surface area (Å²) in [7, 11) is 0. The summed E-state index contributed by atoms with van der Waals surface area (Å²) >= 11 is 0. The van der Waals surface area contributed by atoms with Gasteiger partial charge in [0.1, 0.15) is 12.0 Å². The highest BCUT2D eigenvalue weighted by Crippen LogP contribution is 2.51. The third-order valence-corrected chi connectivity index (χ3v) is 6.67. The molecule has 0 saturated heterocycles. The first kappa shape index (κ1) is 16.0. The van der Waals surface area contributed by atoms with Crippen molar-refractivity contribution >= 4 is 23.1 Å². The highest BCUT2D eigenvalue weighted by Gasteiger charge is 2.44. The zero-order valence-electron chi connectivity index (χ0n) is 16.0. The molecule has 0 spiro atoms. The number of para-hydroxylation sites is 1. The van der Waals surface area contributed by atoms with Crippen molar-refractivity contribution in [3.63, 3.8) is 0 Å². The van der Waals surface area contributed by atoms with Crippen molar-refractivity contribution in [3.8, 4) is 0 Å². The molecule has 5 heteroatoms. The Hall–Kier alpha value is -2.95. The first-order valence-electron chi connectivity index (χ1n) is 10.3. The van der Waals surface area contributed by atoms with Crippen LogP contribution in [0.15, 0.2) is 55.0 Å². The summed E-state index contributed by atoms with van der Waals surface area (Å²) in [6.07, 6.45) is 10.3. The van der Waals surface area contributed by atoms with Gasteiger partial charge in [-0.25, -0.2) is 15.0 Å². The molecule has 5 nitrogen and oxygen atoms in total. The molecule has 0 radical (unpaired) electrons. The molecule has 0 amide bonds. The largest absolute Gasteiger partial charge is 0.302 e. The molecule has 4 bridgehead atoms. The molecule has 4 aliphatic rings. The maximum absolute atomic E-state index is 4.83. The lowest BCUT2D eigenvalue weighted by Crippen LogP contribution is -2.41. The minimum Gasteiger partial charge on any atom is -0.302 e. The molecule has 2 aromatic heterocycles. The Morgan fingerprint density at radius 2 is 1.75 bits per heavy atom. The third-order valence-electron chi connectivity index (χ3n) is 6.67.